The van der Waals surface area contributed by atoms with Crippen LogP contribution in [-0.2, 0) is 4.79 Å². The molecule has 2 aromatic carbocycles. The van der Waals surface area contributed by atoms with Crippen LogP contribution in [0.1, 0.15) is 60.8 Å². The summed E-state index contributed by atoms with van der Waals surface area (Å²) in [7, 11) is 0. The summed E-state index contributed by atoms with van der Waals surface area (Å²) in [6, 6.07) is 13.1. The number of nitrogen functional groups attached to an aromatic ring is 1. The fraction of sp³-hybridized carbons (Fsp3) is 0.536. The first-order chi connectivity index (χ1) is 15.9. The average Bonchev–Trinajstić information content (AvgIpc) is 3.60. The number of ether oxygens (including phenoxy) is 1. The summed E-state index contributed by atoms with van der Waals surface area (Å²) in [5.74, 6) is 2.27. The third-order valence-corrected chi connectivity index (χ3v) is 7.62. The van der Waals surface area contributed by atoms with Gasteiger partial charge in [0.2, 0.25) is 0 Å². The summed E-state index contributed by atoms with van der Waals surface area (Å²) in [6.45, 7) is 11.3. The Balaban J connectivity index is 1.25. The predicted octanol–water partition coefficient (Wildman–Crippen LogP) is 4.74. The number of amides is 1. The van der Waals surface area contributed by atoms with Gasteiger partial charge < -0.3 is 20.7 Å². The number of nitrogens with two attached hydrogens (primary N) is 1. The van der Waals surface area contributed by atoms with Gasteiger partial charge in [-0.2, -0.15) is 0 Å². The monoisotopic (exact) mass is 449 g/mol. The van der Waals surface area contributed by atoms with E-state index in [1.807, 2.05) is 33.8 Å². The van der Waals surface area contributed by atoms with Crippen molar-refractivity contribution in [1.82, 2.24) is 10.2 Å². The highest BCUT2D eigenvalue weighted by molar-refractivity contribution is 5.81. The van der Waals surface area contributed by atoms with E-state index in [1.54, 1.807) is 0 Å². The van der Waals surface area contributed by atoms with Crippen molar-refractivity contribution in [2.45, 2.75) is 71.4 Å². The molecule has 5 heteroatoms. The maximum atomic E-state index is 13.0. The number of carbonyl (C=O) groups excluding carboxylic acids is 1. The molecule has 1 saturated carbocycles. The van der Waals surface area contributed by atoms with Crippen molar-refractivity contribution in [3.05, 3.63) is 58.7 Å². The molecule has 0 aromatic heterocycles. The Kier molecular flexibility index (Phi) is 7.28. The van der Waals surface area contributed by atoms with Crippen molar-refractivity contribution in [3.63, 3.8) is 0 Å². The highest BCUT2D eigenvalue weighted by atomic mass is 16.5. The van der Waals surface area contributed by atoms with Gasteiger partial charge in [0, 0.05) is 31.4 Å². The molecular weight excluding hydrogens is 410 g/mol. The van der Waals surface area contributed by atoms with Gasteiger partial charge in [-0.3, -0.25) is 4.79 Å². The molecule has 33 heavy (non-hydrogen) atoms. The molecule has 0 spiro atoms. The van der Waals surface area contributed by atoms with Crippen molar-refractivity contribution >= 4 is 11.6 Å². The molecule has 1 heterocycles. The first-order valence-corrected chi connectivity index (χ1v) is 12.5. The normalized spacial score (nSPS) is 22.1. The van der Waals surface area contributed by atoms with E-state index in [0.29, 0.717) is 6.42 Å². The van der Waals surface area contributed by atoms with E-state index in [4.69, 9.17) is 10.5 Å². The highest BCUT2D eigenvalue weighted by Gasteiger charge is 2.39. The fourth-order valence-electron chi connectivity index (χ4n) is 5.11. The standard InChI is InChI=1S/C28H39N3O2/c1-5-25(33-26-15-18(2)27(29)20(4)19(26)3)28(32)30-23-11-13-31(14-12-23)17-22-16-24(22)21-9-7-6-8-10-21/h6-10,15,22-25H,5,11-14,16-17,29H2,1-4H3,(H,30,32). The predicted molar refractivity (Wildman–Crippen MR) is 135 cm³/mol. The van der Waals surface area contributed by atoms with Crippen molar-refractivity contribution < 1.29 is 9.53 Å². The number of benzene rings is 2. The Bertz CT molecular complexity index is 967. The summed E-state index contributed by atoms with van der Waals surface area (Å²) in [5, 5.41) is 3.26. The van der Waals surface area contributed by atoms with Gasteiger partial charge >= 0.3 is 0 Å². The Labute approximate surface area is 198 Å². The number of piperidine rings is 1. The zero-order valence-corrected chi connectivity index (χ0v) is 20.6. The zero-order chi connectivity index (χ0) is 23.5. The van der Waals surface area contributed by atoms with Gasteiger partial charge in [0.1, 0.15) is 5.75 Å². The Hall–Kier alpha value is -2.53. The molecule has 178 valence electrons. The lowest BCUT2D eigenvalue weighted by Gasteiger charge is -2.33. The summed E-state index contributed by atoms with van der Waals surface area (Å²) >= 11 is 0. The number of anilines is 1. The molecule has 2 aliphatic rings. The molecule has 0 bridgehead atoms. The minimum atomic E-state index is -0.484. The number of carbonyl (C=O) groups is 1. The minimum absolute atomic E-state index is 0.00573. The third kappa shape index (κ3) is 5.52. The van der Waals surface area contributed by atoms with Crippen LogP contribution in [0.4, 0.5) is 5.69 Å². The number of aryl methyl sites for hydroxylation is 1. The maximum Gasteiger partial charge on any atom is 0.261 e. The second-order valence-corrected chi connectivity index (χ2v) is 9.97. The molecule has 1 aliphatic carbocycles. The third-order valence-electron chi connectivity index (χ3n) is 7.62. The molecule has 2 fully saturated rings. The molecule has 3 unspecified atom stereocenters. The highest BCUT2D eigenvalue weighted by Crippen LogP contribution is 2.47. The summed E-state index contributed by atoms with van der Waals surface area (Å²) in [6.07, 6.45) is 3.46. The molecule has 0 radical (unpaired) electrons. The van der Waals surface area contributed by atoms with Gasteiger partial charge in [-0.15, -0.1) is 0 Å². The summed E-state index contributed by atoms with van der Waals surface area (Å²) in [4.78, 5) is 15.6. The van der Waals surface area contributed by atoms with Crippen LogP contribution in [0.25, 0.3) is 0 Å². The Morgan fingerprint density at radius 2 is 1.85 bits per heavy atom. The molecule has 1 saturated heterocycles. The summed E-state index contributed by atoms with van der Waals surface area (Å²) < 4.78 is 6.17. The van der Waals surface area contributed by atoms with E-state index in [-0.39, 0.29) is 11.9 Å². The van der Waals surface area contributed by atoms with E-state index in [2.05, 4.69) is 40.5 Å². The van der Waals surface area contributed by atoms with Crippen LogP contribution in [0.2, 0.25) is 0 Å². The largest absolute Gasteiger partial charge is 0.480 e. The topological polar surface area (TPSA) is 67.6 Å². The number of hydrogen-bond acceptors (Lipinski definition) is 4. The van der Waals surface area contributed by atoms with E-state index >= 15 is 0 Å². The number of rotatable bonds is 8. The fourth-order valence-corrected chi connectivity index (χ4v) is 5.11. The molecule has 5 nitrogen and oxygen atoms in total. The lowest BCUT2D eigenvalue weighted by molar-refractivity contribution is -0.129. The molecule has 2 aromatic rings. The van der Waals surface area contributed by atoms with E-state index in [0.717, 1.165) is 65.9 Å². The van der Waals surface area contributed by atoms with Crippen LogP contribution < -0.4 is 15.8 Å². The van der Waals surface area contributed by atoms with Crippen LogP contribution in [0.15, 0.2) is 36.4 Å². The van der Waals surface area contributed by atoms with Crippen LogP contribution in [-0.4, -0.2) is 42.6 Å². The van der Waals surface area contributed by atoms with Crippen molar-refractivity contribution in [1.29, 1.82) is 0 Å². The maximum absolute atomic E-state index is 13.0. The Morgan fingerprint density at radius 3 is 2.52 bits per heavy atom. The van der Waals surface area contributed by atoms with Crippen LogP contribution in [0.3, 0.4) is 0 Å². The number of nitrogens with zero attached hydrogens (tertiary/aromatic N) is 1. The first-order valence-electron chi connectivity index (χ1n) is 12.5. The van der Waals surface area contributed by atoms with Crippen LogP contribution in [0.5, 0.6) is 5.75 Å². The first kappa shape index (κ1) is 23.6. The smallest absolute Gasteiger partial charge is 0.261 e. The van der Waals surface area contributed by atoms with Gasteiger partial charge in [0.25, 0.3) is 5.91 Å². The van der Waals surface area contributed by atoms with E-state index in [1.165, 1.54) is 18.5 Å². The molecule has 3 atom stereocenters. The van der Waals surface area contributed by atoms with Crippen molar-refractivity contribution in [3.8, 4) is 5.75 Å². The van der Waals surface area contributed by atoms with Gasteiger partial charge in [-0.25, -0.2) is 0 Å². The van der Waals surface area contributed by atoms with Gasteiger partial charge in [-0.1, -0.05) is 37.3 Å². The lowest BCUT2D eigenvalue weighted by Crippen LogP contribution is -2.49. The number of nitrogens with one attached hydrogen (secondary N) is 1. The number of hydrogen-bond donors (Lipinski definition) is 2. The van der Waals surface area contributed by atoms with Crippen LogP contribution in [0, 0.1) is 26.7 Å². The van der Waals surface area contributed by atoms with E-state index in [9.17, 15) is 4.79 Å². The van der Waals surface area contributed by atoms with Gasteiger partial charge in [0.15, 0.2) is 6.10 Å². The second kappa shape index (κ2) is 10.2. The average molecular weight is 450 g/mol. The molecule has 4 rings (SSSR count). The van der Waals surface area contributed by atoms with E-state index < -0.39 is 6.10 Å². The Morgan fingerprint density at radius 1 is 1.15 bits per heavy atom. The summed E-state index contributed by atoms with van der Waals surface area (Å²) in [5.41, 5.74) is 11.4. The molecule has 1 aliphatic heterocycles. The lowest BCUT2D eigenvalue weighted by atomic mass is 10.0. The van der Waals surface area contributed by atoms with Gasteiger partial charge in [0.05, 0.1) is 0 Å². The zero-order valence-electron chi connectivity index (χ0n) is 20.6. The SMILES string of the molecule is CCC(Oc1cc(C)c(N)c(C)c1C)C(=O)NC1CCN(CC2CC2c2ccccc2)CC1. The van der Waals surface area contributed by atoms with Crippen molar-refractivity contribution in [2.75, 3.05) is 25.4 Å². The van der Waals surface area contributed by atoms with Gasteiger partial charge in [-0.05, 0) is 86.6 Å². The van der Waals surface area contributed by atoms with Crippen LogP contribution >= 0.6 is 0 Å². The molecule has 3 N–H and O–H groups in total. The minimum Gasteiger partial charge on any atom is -0.480 e. The number of likely N-dealkylation sites (tertiary alicyclic amines) is 1. The second-order valence-electron chi connectivity index (χ2n) is 9.97. The van der Waals surface area contributed by atoms with Crippen molar-refractivity contribution in [2.24, 2.45) is 5.92 Å². The quantitative estimate of drug-likeness (QED) is 0.572. The molecule has 1 amide bonds. The molecular formula is C28H39N3O2.